The fraction of sp³-hybridized carbons (Fsp3) is 0.538. The van der Waals surface area contributed by atoms with E-state index in [4.69, 9.17) is 10.5 Å². The fourth-order valence-corrected chi connectivity index (χ4v) is 2.06. The summed E-state index contributed by atoms with van der Waals surface area (Å²) in [5, 5.41) is 0. The Morgan fingerprint density at radius 3 is 2.78 bits per heavy atom. The summed E-state index contributed by atoms with van der Waals surface area (Å²) in [5.74, 6) is 0.818. The molecule has 0 bridgehead atoms. The van der Waals surface area contributed by atoms with Crippen LogP contribution in [0.1, 0.15) is 24.2 Å². The van der Waals surface area contributed by atoms with Crippen molar-refractivity contribution in [3.05, 3.63) is 24.0 Å². The zero-order valence-electron chi connectivity index (χ0n) is 11.0. The lowest BCUT2D eigenvalue weighted by molar-refractivity contribution is 0.0272. The minimum atomic E-state index is -0.254. The van der Waals surface area contributed by atoms with Crippen molar-refractivity contribution >= 4 is 5.91 Å². The molecule has 2 rings (SSSR count). The molecular formula is C13H19N3O2. The molecule has 0 saturated carbocycles. The topological polar surface area (TPSA) is 68.5 Å². The van der Waals surface area contributed by atoms with Crippen LogP contribution in [0.3, 0.4) is 0 Å². The van der Waals surface area contributed by atoms with E-state index in [9.17, 15) is 4.79 Å². The van der Waals surface area contributed by atoms with E-state index < -0.39 is 0 Å². The highest BCUT2D eigenvalue weighted by Gasteiger charge is 2.44. The van der Waals surface area contributed by atoms with Crippen LogP contribution in [0.4, 0.5) is 0 Å². The predicted molar refractivity (Wildman–Crippen MR) is 68.4 cm³/mol. The van der Waals surface area contributed by atoms with Gasteiger partial charge in [-0.05, 0) is 12.0 Å². The molecule has 2 N–H and O–H groups in total. The van der Waals surface area contributed by atoms with E-state index in [1.54, 1.807) is 23.4 Å². The zero-order valence-corrected chi connectivity index (χ0v) is 11.0. The molecule has 1 aliphatic heterocycles. The Morgan fingerprint density at radius 1 is 1.56 bits per heavy atom. The number of amides is 1. The van der Waals surface area contributed by atoms with Crippen LogP contribution < -0.4 is 10.5 Å². The number of hydrogen-bond donors (Lipinski definition) is 1. The molecule has 18 heavy (non-hydrogen) atoms. The van der Waals surface area contributed by atoms with Gasteiger partial charge in [0.1, 0.15) is 5.75 Å². The Balaban J connectivity index is 2.11. The van der Waals surface area contributed by atoms with E-state index in [0.29, 0.717) is 30.3 Å². The maximum atomic E-state index is 12.3. The molecule has 1 aliphatic rings. The quantitative estimate of drug-likeness (QED) is 0.864. The molecule has 1 aromatic heterocycles. The molecule has 0 aromatic carbocycles. The first-order chi connectivity index (χ1) is 8.48. The number of likely N-dealkylation sites (tertiary alicyclic amines) is 1. The first-order valence-corrected chi connectivity index (χ1v) is 6.04. The first kappa shape index (κ1) is 12.8. The van der Waals surface area contributed by atoms with Gasteiger partial charge in [0.05, 0.1) is 24.4 Å². The van der Waals surface area contributed by atoms with Gasteiger partial charge in [0, 0.05) is 19.3 Å². The molecule has 1 fully saturated rings. The van der Waals surface area contributed by atoms with Gasteiger partial charge in [-0.25, -0.2) is 0 Å². The van der Waals surface area contributed by atoms with E-state index in [1.807, 2.05) is 0 Å². The maximum absolute atomic E-state index is 12.3. The molecule has 5 nitrogen and oxygen atoms in total. The fourth-order valence-electron chi connectivity index (χ4n) is 2.06. The second-order valence-corrected chi connectivity index (χ2v) is 5.13. The Hall–Kier alpha value is -1.62. The van der Waals surface area contributed by atoms with Gasteiger partial charge in [0.25, 0.3) is 5.91 Å². The molecule has 1 aromatic rings. The SMILES string of the molecule is COc1cnccc1C(=O)N1CC(N)(C(C)C)C1. The minimum Gasteiger partial charge on any atom is -0.494 e. The number of hydrogen-bond acceptors (Lipinski definition) is 4. The molecule has 0 unspecified atom stereocenters. The molecule has 98 valence electrons. The normalized spacial score (nSPS) is 17.5. The number of pyridine rings is 1. The summed E-state index contributed by atoms with van der Waals surface area (Å²) < 4.78 is 5.14. The second-order valence-electron chi connectivity index (χ2n) is 5.13. The number of carbonyl (C=O) groups excluding carboxylic acids is 1. The van der Waals surface area contributed by atoms with Crippen LogP contribution in [0.5, 0.6) is 5.75 Å². The Morgan fingerprint density at radius 2 is 2.22 bits per heavy atom. The smallest absolute Gasteiger partial charge is 0.257 e. The van der Waals surface area contributed by atoms with Crippen LogP contribution in [-0.4, -0.2) is 41.5 Å². The predicted octanol–water partition coefficient (Wildman–Crippen LogP) is 0.900. The number of methoxy groups -OCH3 is 1. The lowest BCUT2D eigenvalue weighted by Gasteiger charge is -2.50. The van der Waals surface area contributed by atoms with E-state index in [1.165, 1.54) is 7.11 Å². The number of ether oxygens (including phenoxy) is 1. The van der Waals surface area contributed by atoms with Gasteiger partial charge in [-0.15, -0.1) is 0 Å². The van der Waals surface area contributed by atoms with Crippen molar-refractivity contribution in [2.24, 2.45) is 11.7 Å². The Kier molecular flexibility index (Phi) is 3.26. The van der Waals surface area contributed by atoms with Gasteiger partial charge in [0.2, 0.25) is 0 Å². The number of rotatable bonds is 3. The van der Waals surface area contributed by atoms with Gasteiger partial charge in [-0.1, -0.05) is 13.8 Å². The summed E-state index contributed by atoms with van der Waals surface area (Å²) in [4.78, 5) is 18.0. The van der Waals surface area contributed by atoms with Crippen molar-refractivity contribution < 1.29 is 9.53 Å². The van der Waals surface area contributed by atoms with Crippen LogP contribution in [0.2, 0.25) is 0 Å². The summed E-state index contributed by atoms with van der Waals surface area (Å²) in [7, 11) is 1.53. The molecule has 1 amide bonds. The molecule has 5 heteroatoms. The lowest BCUT2D eigenvalue weighted by Crippen LogP contribution is -2.71. The minimum absolute atomic E-state index is 0.0454. The number of nitrogens with zero attached hydrogens (tertiary/aromatic N) is 2. The Labute approximate surface area is 107 Å². The second kappa shape index (κ2) is 4.57. The molecule has 0 atom stereocenters. The monoisotopic (exact) mass is 249 g/mol. The number of nitrogens with two attached hydrogens (primary N) is 1. The summed E-state index contributed by atoms with van der Waals surface area (Å²) in [6.45, 7) is 5.34. The highest BCUT2D eigenvalue weighted by molar-refractivity contribution is 5.97. The van der Waals surface area contributed by atoms with Crippen molar-refractivity contribution in [3.63, 3.8) is 0 Å². The van der Waals surface area contributed by atoms with Gasteiger partial charge in [0.15, 0.2) is 0 Å². The van der Waals surface area contributed by atoms with Crippen LogP contribution in [0, 0.1) is 5.92 Å². The van der Waals surface area contributed by atoms with Crippen molar-refractivity contribution in [1.29, 1.82) is 0 Å². The largest absolute Gasteiger partial charge is 0.494 e. The van der Waals surface area contributed by atoms with Crippen LogP contribution in [0.25, 0.3) is 0 Å². The third kappa shape index (κ3) is 2.06. The van der Waals surface area contributed by atoms with Crippen LogP contribution >= 0.6 is 0 Å². The van der Waals surface area contributed by atoms with Gasteiger partial charge < -0.3 is 15.4 Å². The van der Waals surface area contributed by atoms with Crippen molar-refractivity contribution in [2.45, 2.75) is 19.4 Å². The Bertz CT molecular complexity index is 453. The van der Waals surface area contributed by atoms with E-state index in [-0.39, 0.29) is 11.4 Å². The number of aromatic nitrogens is 1. The third-order valence-electron chi connectivity index (χ3n) is 3.64. The van der Waals surface area contributed by atoms with E-state index >= 15 is 0 Å². The standard InChI is InChI=1S/C13H19N3O2/c1-9(2)13(14)7-16(8-13)12(17)10-4-5-15-6-11(10)18-3/h4-6,9H,7-8,14H2,1-3H3. The van der Waals surface area contributed by atoms with Gasteiger partial charge >= 0.3 is 0 Å². The third-order valence-corrected chi connectivity index (χ3v) is 3.64. The highest BCUT2D eigenvalue weighted by atomic mass is 16.5. The van der Waals surface area contributed by atoms with Crippen LogP contribution in [-0.2, 0) is 0 Å². The maximum Gasteiger partial charge on any atom is 0.257 e. The molecule has 0 aliphatic carbocycles. The molecule has 2 heterocycles. The summed E-state index contributed by atoms with van der Waals surface area (Å²) in [5.41, 5.74) is 6.47. The summed E-state index contributed by atoms with van der Waals surface area (Å²) in [6, 6.07) is 1.67. The zero-order chi connectivity index (χ0) is 13.3. The average molecular weight is 249 g/mol. The lowest BCUT2D eigenvalue weighted by atomic mass is 9.80. The number of carbonyl (C=O) groups is 1. The molecule has 0 radical (unpaired) electrons. The average Bonchev–Trinajstić information content (AvgIpc) is 2.33. The molecule has 0 spiro atoms. The van der Waals surface area contributed by atoms with Gasteiger partial charge in [-0.2, -0.15) is 0 Å². The molecular weight excluding hydrogens is 230 g/mol. The summed E-state index contributed by atoms with van der Waals surface area (Å²) in [6.07, 6.45) is 3.14. The van der Waals surface area contributed by atoms with Gasteiger partial charge in [-0.3, -0.25) is 9.78 Å². The van der Waals surface area contributed by atoms with E-state index in [2.05, 4.69) is 18.8 Å². The van der Waals surface area contributed by atoms with E-state index in [0.717, 1.165) is 0 Å². The van der Waals surface area contributed by atoms with Crippen molar-refractivity contribution in [1.82, 2.24) is 9.88 Å². The van der Waals surface area contributed by atoms with Crippen molar-refractivity contribution in [2.75, 3.05) is 20.2 Å². The van der Waals surface area contributed by atoms with Crippen molar-refractivity contribution in [3.8, 4) is 5.75 Å². The summed E-state index contributed by atoms with van der Waals surface area (Å²) >= 11 is 0. The van der Waals surface area contributed by atoms with Crippen LogP contribution in [0.15, 0.2) is 18.5 Å². The highest BCUT2D eigenvalue weighted by Crippen LogP contribution is 2.29. The first-order valence-electron chi connectivity index (χ1n) is 6.04. The molecule has 1 saturated heterocycles.